The fraction of sp³-hybridized carbons (Fsp3) is 0.316. The molecule has 0 saturated heterocycles. The molecule has 0 saturated carbocycles. The fourth-order valence-electron chi connectivity index (χ4n) is 2.99. The second-order valence-electron chi connectivity index (χ2n) is 5.88. The maximum Gasteiger partial charge on any atom is 0.337 e. The summed E-state index contributed by atoms with van der Waals surface area (Å²) in [5.41, 5.74) is 4.51. The van der Waals surface area contributed by atoms with E-state index in [-0.39, 0.29) is 5.97 Å². The molecule has 1 aliphatic heterocycles. The zero-order chi connectivity index (χ0) is 16.2. The number of methoxy groups -OCH3 is 1. The molecule has 0 aliphatic carbocycles. The summed E-state index contributed by atoms with van der Waals surface area (Å²) >= 11 is 5.92. The average molecular weight is 330 g/mol. The summed E-state index contributed by atoms with van der Waals surface area (Å²) in [7, 11) is 1.42. The maximum atomic E-state index is 11.6. The number of ether oxygens (including phenoxy) is 1. The molecule has 1 aliphatic rings. The van der Waals surface area contributed by atoms with Gasteiger partial charge in [0.2, 0.25) is 0 Å². The molecular weight excluding hydrogens is 310 g/mol. The molecule has 4 heteroatoms. The molecule has 2 aromatic rings. The first-order chi connectivity index (χ1) is 11.2. The molecule has 0 radical (unpaired) electrons. The van der Waals surface area contributed by atoms with Gasteiger partial charge in [0, 0.05) is 24.7 Å². The Labute approximate surface area is 141 Å². The third-order valence-corrected chi connectivity index (χ3v) is 4.60. The van der Waals surface area contributed by atoms with Gasteiger partial charge in [-0.2, -0.15) is 0 Å². The van der Waals surface area contributed by atoms with Crippen LogP contribution in [0.5, 0.6) is 0 Å². The van der Waals surface area contributed by atoms with Gasteiger partial charge in [0.25, 0.3) is 0 Å². The quantitative estimate of drug-likeness (QED) is 0.800. The number of rotatable bonds is 4. The van der Waals surface area contributed by atoms with Crippen LogP contribution >= 0.6 is 11.6 Å². The van der Waals surface area contributed by atoms with Crippen LogP contribution in [0.15, 0.2) is 42.5 Å². The SMILES string of the molecule is COC(=O)c1ccc2c(c1)CCN(CCc1ccc(Cl)cc1)C2. The Balaban J connectivity index is 1.61. The van der Waals surface area contributed by atoms with Gasteiger partial charge >= 0.3 is 5.97 Å². The van der Waals surface area contributed by atoms with Crippen LogP contribution < -0.4 is 0 Å². The van der Waals surface area contributed by atoms with Gasteiger partial charge in [-0.25, -0.2) is 4.79 Å². The van der Waals surface area contributed by atoms with Crippen molar-refractivity contribution < 1.29 is 9.53 Å². The van der Waals surface area contributed by atoms with Crippen LogP contribution in [0, 0.1) is 0 Å². The molecule has 120 valence electrons. The Hall–Kier alpha value is -1.84. The molecule has 1 heterocycles. The van der Waals surface area contributed by atoms with E-state index in [4.69, 9.17) is 16.3 Å². The first-order valence-electron chi connectivity index (χ1n) is 7.82. The van der Waals surface area contributed by atoms with E-state index < -0.39 is 0 Å². The summed E-state index contributed by atoms with van der Waals surface area (Å²) in [6.45, 7) is 2.98. The predicted octanol–water partition coefficient (Wildman–Crippen LogP) is 3.73. The Morgan fingerprint density at radius 1 is 1.17 bits per heavy atom. The smallest absolute Gasteiger partial charge is 0.337 e. The minimum Gasteiger partial charge on any atom is -0.465 e. The lowest BCUT2D eigenvalue weighted by atomic mass is 9.97. The molecule has 0 atom stereocenters. The van der Waals surface area contributed by atoms with E-state index in [0.717, 1.165) is 37.5 Å². The molecule has 0 amide bonds. The monoisotopic (exact) mass is 329 g/mol. The van der Waals surface area contributed by atoms with E-state index in [1.807, 2.05) is 24.3 Å². The molecule has 3 nitrogen and oxygen atoms in total. The maximum absolute atomic E-state index is 11.6. The highest BCUT2D eigenvalue weighted by atomic mass is 35.5. The zero-order valence-corrected chi connectivity index (χ0v) is 14.0. The minimum absolute atomic E-state index is 0.266. The first kappa shape index (κ1) is 16.0. The van der Waals surface area contributed by atoms with Gasteiger partial charge in [-0.3, -0.25) is 4.90 Å². The zero-order valence-electron chi connectivity index (χ0n) is 13.2. The Bertz CT molecular complexity index is 697. The third kappa shape index (κ3) is 3.92. The van der Waals surface area contributed by atoms with Gasteiger partial charge in [-0.15, -0.1) is 0 Å². The number of nitrogens with zero attached hydrogens (tertiary/aromatic N) is 1. The Kier molecular flexibility index (Phi) is 4.99. The number of carbonyl (C=O) groups is 1. The normalized spacial score (nSPS) is 14.3. The van der Waals surface area contributed by atoms with Gasteiger partial charge in [0.15, 0.2) is 0 Å². The summed E-state index contributed by atoms with van der Waals surface area (Å²) < 4.78 is 4.79. The van der Waals surface area contributed by atoms with Gasteiger partial charge in [-0.1, -0.05) is 29.8 Å². The number of hydrogen-bond acceptors (Lipinski definition) is 3. The molecule has 0 aromatic heterocycles. The van der Waals surface area contributed by atoms with Crippen LogP contribution in [0.4, 0.5) is 0 Å². The molecule has 23 heavy (non-hydrogen) atoms. The summed E-state index contributed by atoms with van der Waals surface area (Å²) in [6.07, 6.45) is 1.99. The highest BCUT2D eigenvalue weighted by Gasteiger charge is 2.17. The molecule has 0 N–H and O–H groups in total. The highest BCUT2D eigenvalue weighted by molar-refractivity contribution is 6.30. The molecular formula is C19H20ClNO2. The van der Waals surface area contributed by atoms with E-state index in [0.29, 0.717) is 5.56 Å². The number of benzene rings is 2. The summed E-state index contributed by atoms with van der Waals surface area (Å²) in [5.74, 6) is -0.266. The summed E-state index contributed by atoms with van der Waals surface area (Å²) in [6, 6.07) is 13.9. The predicted molar refractivity (Wildman–Crippen MR) is 91.9 cm³/mol. The van der Waals surface area contributed by atoms with Crippen LogP contribution in [0.2, 0.25) is 5.02 Å². The molecule has 0 fully saturated rings. The van der Waals surface area contributed by atoms with Crippen LogP contribution in [0.25, 0.3) is 0 Å². The third-order valence-electron chi connectivity index (χ3n) is 4.35. The number of fused-ring (bicyclic) bond motifs is 1. The highest BCUT2D eigenvalue weighted by Crippen LogP contribution is 2.21. The van der Waals surface area contributed by atoms with E-state index in [2.05, 4.69) is 23.1 Å². The van der Waals surface area contributed by atoms with Crippen LogP contribution in [-0.4, -0.2) is 31.1 Å². The van der Waals surface area contributed by atoms with Gasteiger partial charge < -0.3 is 4.74 Å². The molecule has 0 spiro atoms. The fourth-order valence-corrected chi connectivity index (χ4v) is 3.11. The number of halogens is 1. The minimum atomic E-state index is -0.266. The van der Waals surface area contributed by atoms with Crippen LogP contribution in [0.3, 0.4) is 0 Å². The average Bonchev–Trinajstić information content (AvgIpc) is 2.60. The number of hydrogen-bond donors (Lipinski definition) is 0. The molecule has 0 unspecified atom stereocenters. The van der Waals surface area contributed by atoms with E-state index in [1.165, 1.54) is 23.8 Å². The largest absolute Gasteiger partial charge is 0.465 e. The van der Waals surface area contributed by atoms with Crippen molar-refractivity contribution in [1.82, 2.24) is 4.90 Å². The van der Waals surface area contributed by atoms with Crippen molar-refractivity contribution in [2.24, 2.45) is 0 Å². The van der Waals surface area contributed by atoms with Crippen LogP contribution in [-0.2, 0) is 24.1 Å². The number of esters is 1. The van der Waals surface area contributed by atoms with Crippen molar-refractivity contribution in [1.29, 1.82) is 0 Å². The topological polar surface area (TPSA) is 29.5 Å². The molecule has 3 rings (SSSR count). The van der Waals surface area contributed by atoms with Gasteiger partial charge in [0.1, 0.15) is 0 Å². The Morgan fingerprint density at radius 2 is 1.96 bits per heavy atom. The van der Waals surface area contributed by atoms with Crippen molar-refractivity contribution >= 4 is 17.6 Å². The van der Waals surface area contributed by atoms with Crippen LogP contribution in [0.1, 0.15) is 27.0 Å². The second-order valence-corrected chi connectivity index (χ2v) is 6.31. The summed E-state index contributed by atoms with van der Waals surface area (Å²) in [4.78, 5) is 14.1. The van der Waals surface area contributed by atoms with E-state index in [9.17, 15) is 4.79 Å². The van der Waals surface area contributed by atoms with Crippen molar-refractivity contribution in [2.45, 2.75) is 19.4 Å². The standard InChI is InChI=1S/C19H20ClNO2/c1-23-19(22)16-4-5-17-13-21(11-9-15(17)12-16)10-8-14-2-6-18(20)7-3-14/h2-7,12H,8-11,13H2,1H3. The van der Waals surface area contributed by atoms with E-state index >= 15 is 0 Å². The second kappa shape index (κ2) is 7.16. The van der Waals surface area contributed by atoms with Gasteiger partial charge in [-0.05, 0) is 53.8 Å². The lowest BCUT2D eigenvalue weighted by molar-refractivity contribution is 0.0600. The molecule has 2 aromatic carbocycles. The van der Waals surface area contributed by atoms with Crippen molar-refractivity contribution in [3.05, 3.63) is 69.7 Å². The lowest BCUT2D eigenvalue weighted by Gasteiger charge is -2.29. The first-order valence-corrected chi connectivity index (χ1v) is 8.20. The van der Waals surface area contributed by atoms with E-state index in [1.54, 1.807) is 0 Å². The molecule has 0 bridgehead atoms. The van der Waals surface area contributed by atoms with Crippen molar-refractivity contribution in [3.8, 4) is 0 Å². The summed E-state index contributed by atoms with van der Waals surface area (Å²) in [5, 5.41) is 0.780. The van der Waals surface area contributed by atoms with Crippen molar-refractivity contribution in [2.75, 3.05) is 20.2 Å². The van der Waals surface area contributed by atoms with Crippen molar-refractivity contribution in [3.63, 3.8) is 0 Å². The van der Waals surface area contributed by atoms with Gasteiger partial charge in [0.05, 0.1) is 12.7 Å². The lowest BCUT2D eigenvalue weighted by Crippen LogP contribution is -2.32. The Morgan fingerprint density at radius 3 is 2.70 bits per heavy atom. The number of carbonyl (C=O) groups excluding carboxylic acids is 1.